The van der Waals surface area contributed by atoms with Crippen LogP contribution in [0.4, 0.5) is 0 Å². The normalized spacial score (nSPS) is 14.1. The molecule has 0 heterocycles. The number of hydrogen-bond donors (Lipinski definition) is 0. The fourth-order valence-electron chi connectivity index (χ4n) is 1.27. The topological polar surface area (TPSA) is 36.9 Å². The maximum atomic E-state index is 5.70. The molecule has 0 spiro atoms. The zero-order valence-corrected chi connectivity index (χ0v) is 12.2. The Hall–Kier alpha value is 0.0569. The molecule has 0 aliphatic heterocycles. The van der Waals surface area contributed by atoms with Gasteiger partial charge in [-0.2, -0.15) is 0 Å². The second-order valence-electron chi connectivity index (χ2n) is 3.51. The molecule has 1 unspecified atom stereocenters. The molecule has 0 fully saturated rings. The van der Waals surface area contributed by atoms with Crippen LogP contribution in [-0.4, -0.2) is 41.0 Å². The zero-order valence-electron chi connectivity index (χ0n) is 11.2. The van der Waals surface area contributed by atoms with Gasteiger partial charge in [-0.15, -0.1) is 0 Å². The van der Waals surface area contributed by atoms with Crippen LogP contribution in [0.1, 0.15) is 41.0 Å². The van der Waals surface area contributed by atoms with Crippen molar-refractivity contribution in [2.75, 3.05) is 26.1 Å². The molecule has 0 saturated heterocycles. The van der Waals surface area contributed by atoms with Crippen LogP contribution in [-0.2, 0) is 18.0 Å². The summed E-state index contributed by atoms with van der Waals surface area (Å²) in [6, 6.07) is 0. The van der Waals surface area contributed by atoms with Crippen LogP contribution in [0.15, 0.2) is 0 Å². The molecule has 0 saturated carbocycles. The summed E-state index contributed by atoms with van der Waals surface area (Å²) in [4.78, 5) is 0. The summed E-state index contributed by atoms with van der Waals surface area (Å²) in [7, 11) is -2.60. The Labute approximate surface area is 101 Å². The van der Waals surface area contributed by atoms with E-state index in [4.69, 9.17) is 18.0 Å². The molecule has 0 aromatic heterocycles. The Morgan fingerprint density at radius 3 is 1.62 bits per heavy atom. The quantitative estimate of drug-likeness (QED) is 0.558. The van der Waals surface area contributed by atoms with Crippen LogP contribution in [0.5, 0.6) is 0 Å². The standard InChI is InChI=1S/C11H26O4Si/c1-6-11(5)12-10-16(13-7-2,14-8-3)15-9-4/h11H,6-10H2,1-5H3. The number of rotatable bonds is 10. The Morgan fingerprint density at radius 2 is 1.31 bits per heavy atom. The first-order valence-corrected chi connectivity index (χ1v) is 8.10. The van der Waals surface area contributed by atoms with Crippen molar-refractivity contribution >= 4 is 8.80 Å². The first-order chi connectivity index (χ1) is 7.64. The second kappa shape index (κ2) is 9.12. The summed E-state index contributed by atoms with van der Waals surface area (Å²) in [6.45, 7) is 11.8. The van der Waals surface area contributed by atoms with Crippen molar-refractivity contribution in [3.05, 3.63) is 0 Å². The van der Waals surface area contributed by atoms with Gasteiger partial charge in [-0.05, 0) is 34.1 Å². The van der Waals surface area contributed by atoms with Crippen LogP contribution in [0.2, 0.25) is 0 Å². The fraction of sp³-hybridized carbons (Fsp3) is 1.00. The van der Waals surface area contributed by atoms with Gasteiger partial charge in [0.05, 0.1) is 6.10 Å². The van der Waals surface area contributed by atoms with Crippen molar-refractivity contribution in [1.29, 1.82) is 0 Å². The van der Waals surface area contributed by atoms with Gasteiger partial charge in [0.15, 0.2) is 0 Å². The van der Waals surface area contributed by atoms with E-state index in [0.717, 1.165) is 6.42 Å². The van der Waals surface area contributed by atoms with Crippen molar-refractivity contribution in [2.45, 2.75) is 47.1 Å². The maximum Gasteiger partial charge on any atom is 0.528 e. The molecule has 0 N–H and O–H groups in total. The van der Waals surface area contributed by atoms with E-state index in [1.165, 1.54) is 0 Å². The van der Waals surface area contributed by atoms with Gasteiger partial charge in [0.2, 0.25) is 0 Å². The van der Waals surface area contributed by atoms with Gasteiger partial charge >= 0.3 is 8.80 Å². The molecule has 5 heteroatoms. The third kappa shape index (κ3) is 5.96. The van der Waals surface area contributed by atoms with Crippen LogP contribution in [0.3, 0.4) is 0 Å². The fourth-order valence-corrected chi connectivity index (χ4v) is 3.58. The molecule has 0 amide bonds. The van der Waals surface area contributed by atoms with Gasteiger partial charge < -0.3 is 18.0 Å². The van der Waals surface area contributed by atoms with E-state index in [1.807, 2.05) is 27.7 Å². The lowest BCUT2D eigenvalue weighted by Gasteiger charge is -2.29. The van der Waals surface area contributed by atoms with Crippen LogP contribution >= 0.6 is 0 Å². The lowest BCUT2D eigenvalue weighted by Crippen LogP contribution is -2.51. The minimum Gasteiger partial charge on any atom is -0.374 e. The molecule has 0 aromatic rings. The average molecular weight is 250 g/mol. The molecule has 1 atom stereocenters. The van der Waals surface area contributed by atoms with Gasteiger partial charge in [0.25, 0.3) is 0 Å². The van der Waals surface area contributed by atoms with Crippen molar-refractivity contribution in [3.8, 4) is 0 Å². The predicted octanol–water partition coefficient (Wildman–Crippen LogP) is 2.39. The molecule has 0 aliphatic carbocycles. The Balaban J connectivity index is 4.34. The van der Waals surface area contributed by atoms with E-state index >= 15 is 0 Å². The SMILES string of the molecule is CCO[Si](COC(C)CC)(OCC)OCC. The molecule has 0 rings (SSSR count). The highest BCUT2D eigenvalue weighted by atomic mass is 28.4. The van der Waals surface area contributed by atoms with E-state index in [2.05, 4.69) is 6.92 Å². The highest BCUT2D eigenvalue weighted by molar-refractivity contribution is 6.60. The number of hydrogen-bond acceptors (Lipinski definition) is 4. The minimum atomic E-state index is -2.60. The van der Waals surface area contributed by atoms with Gasteiger partial charge in [-0.1, -0.05) is 6.92 Å². The van der Waals surface area contributed by atoms with Gasteiger partial charge in [0.1, 0.15) is 6.23 Å². The Bertz CT molecular complexity index is 149. The van der Waals surface area contributed by atoms with Crippen LogP contribution in [0.25, 0.3) is 0 Å². The molecular formula is C11H26O4Si. The Morgan fingerprint density at radius 1 is 0.875 bits per heavy atom. The van der Waals surface area contributed by atoms with Crippen LogP contribution in [0, 0.1) is 0 Å². The summed E-state index contributed by atoms with van der Waals surface area (Å²) in [5.41, 5.74) is 0. The van der Waals surface area contributed by atoms with Crippen molar-refractivity contribution < 1.29 is 18.0 Å². The number of ether oxygens (including phenoxy) is 1. The Kier molecular flexibility index (Phi) is 9.16. The van der Waals surface area contributed by atoms with Gasteiger partial charge in [-0.25, -0.2) is 0 Å². The molecule has 16 heavy (non-hydrogen) atoms. The summed E-state index contributed by atoms with van der Waals surface area (Å²) in [5, 5.41) is 0. The van der Waals surface area contributed by atoms with Crippen molar-refractivity contribution in [2.24, 2.45) is 0 Å². The highest BCUT2D eigenvalue weighted by Crippen LogP contribution is 2.12. The van der Waals surface area contributed by atoms with E-state index in [1.54, 1.807) is 0 Å². The molecule has 0 radical (unpaired) electrons. The highest BCUT2D eigenvalue weighted by Gasteiger charge is 2.41. The largest absolute Gasteiger partial charge is 0.528 e. The lowest BCUT2D eigenvalue weighted by atomic mass is 10.3. The molecule has 0 aromatic carbocycles. The predicted molar refractivity (Wildman–Crippen MR) is 66.3 cm³/mol. The summed E-state index contributed by atoms with van der Waals surface area (Å²) < 4.78 is 22.7. The van der Waals surface area contributed by atoms with E-state index in [-0.39, 0.29) is 6.10 Å². The monoisotopic (exact) mass is 250 g/mol. The smallest absolute Gasteiger partial charge is 0.374 e. The van der Waals surface area contributed by atoms with Crippen LogP contribution < -0.4 is 0 Å². The van der Waals surface area contributed by atoms with E-state index < -0.39 is 8.80 Å². The summed E-state index contributed by atoms with van der Waals surface area (Å²) in [5.74, 6) is 0. The first-order valence-electron chi connectivity index (χ1n) is 6.17. The third-order valence-corrected chi connectivity index (χ3v) is 4.92. The van der Waals surface area contributed by atoms with Crippen molar-refractivity contribution in [3.63, 3.8) is 0 Å². The van der Waals surface area contributed by atoms with Crippen molar-refractivity contribution in [1.82, 2.24) is 0 Å². The van der Waals surface area contributed by atoms with E-state index in [0.29, 0.717) is 26.1 Å². The molecule has 0 aliphatic rings. The van der Waals surface area contributed by atoms with Gasteiger partial charge in [0, 0.05) is 19.8 Å². The molecule has 4 nitrogen and oxygen atoms in total. The summed E-state index contributed by atoms with van der Waals surface area (Å²) in [6.07, 6.45) is 1.64. The average Bonchev–Trinajstić information content (AvgIpc) is 2.27. The van der Waals surface area contributed by atoms with E-state index in [9.17, 15) is 0 Å². The molecular weight excluding hydrogens is 224 g/mol. The summed E-state index contributed by atoms with van der Waals surface area (Å²) >= 11 is 0. The lowest BCUT2D eigenvalue weighted by molar-refractivity contribution is 0.00847. The minimum absolute atomic E-state index is 0.216. The zero-order chi connectivity index (χ0) is 12.4. The van der Waals surface area contributed by atoms with Gasteiger partial charge in [-0.3, -0.25) is 0 Å². The second-order valence-corrected chi connectivity index (χ2v) is 6.03. The third-order valence-electron chi connectivity index (χ3n) is 2.21. The first kappa shape index (κ1) is 16.1. The maximum absolute atomic E-state index is 5.70. The molecule has 0 bridgehead atoms. The molecule has 98 valence electrons.